The van der Waals surface area contributed by atoms with E-state index in [1.54, 1.807) is 0 Å². The van der Waals surface area contributed by atoms with Crippen LogP contribution in [0.5, 0.6) is 5.75 Å². The number of para-hydroxylation sites is 1. The molecule has 0 bridgehead atoms. The van der Waals surface area contributed by atoms with E-state index in [2.05, 4.69) is 19.1 Å². The van der Waals surface area contributed by atoms with Crippen molar-refractivity contribution in [1.82, 2.24) is 0 Å². The third-order valence-electron chi connectivity index (χ3n) is 5.33. The summed E-state index contributed by atoms with van der Waals surface area (Å²) in [6.45, 7) is 2.88. The second-order valence-electron chi connectivity index (χ2n) is 7.28. The number of ketones is 1. The molecule has 2 saturated carbocycles. The van der Waals surface area contributed by atoms with Crippen molar-refractivity contribution in [3.8, 4) is 5.75 Å². The van der Waals surface area contributed by atoms with Crippen LogP contribution in [0.15, 0.2) is 24.3 Å². The predicted octanol–water partition coefficient (Wildman–Crippen LogP) is 3.58. The van der Waals surface area contributed by atoms with Gasteiger partial charge in [0.15, 0.2) is 0 Å². The summed E-state index contributed by atoms with van der Waals surface area (Å²) >= 11 is 0. The predicted molar refractivity (Wildman–Crippen MR) is 86.6 cm³/mol. The van der Waals surface area contributed by atoms with E-state index in [9.17, 15) is 9.59 Å². The van der Waals surface area contributed by atoms with E-state index in [0.29, 0.717) is 12.5 Å². The molecule has 1 aromatic rings. The quantitative estimate of drug-likeness (QED) is 0.781. The molecule has 0 radical (unpaired) electrons. The Morgan fingerprint density at radius 2 is 2.00 bits per heavy atom. The monoisotopic (exact) mass is 316 g/mol. The van der Waals surface area contributed by atoms with Gasteiger partial charge in [-0.15, -0.1) is 0 Å². The van der Waals surface area contributed by atoms with E-state index in [1.165, 1.54) is 18.4 Å². The van der Waals surface area contributed by atoms with Crippen molar-refractivity contribution in [2.24, 2.45) is 11.8 Å². The first-order chi connectivity index (χ1) is 11.0. The minimum Gasteiger partial charge on any atom is -0.493 e. The van der Waals surface area contributed by atoms with Gasteiger partial charge in [0.05, 0.1) is 6.61 Å². The molecule has 2 fully saturated rings. The Balaban J connectivity index is 1.54. The van der Waals surface area contributed by atoms with Gasteiger partial charge in [-0.3, -0.25) is 9.59 Å². The lowest BCUT2D eigenvalue weighted by atomic mass is 9.97. The number of carboxylic acids is 1. The van der Waals surface area contributed by atoms with Crippen LogP contribution in [0.1, 0.15) is 51.0 Å². The number of hydrogen-bond donors (Lipinski definition) is 1. The number of benzene rings is 1. The van der Waals surface area contributed by atoms with Gasteiger partial charge in [0.2, 0.25) is 0 Å². The maximum atomic E-state index is 11.8. The minimum atomic E-state index is -1.03. The molecule has 1 N–H and O–H groups in total. The first-order valence-corrected chi connectivity index (χ1v) is 8.45. The fraction of sp³-hybridized carbons (Fsp3) is 0.579. The second kappa shape index (κ2) is 6.34. The van der Waals surface area contributed by atoms with Crippen LogP contribution in [0.3, 0.4) is 0 Å². The molecule has 2 aliphatic carbocycles. The van der Waals surface area contributed by atoms with Gasteiger partial charge in [0.1, 0.15) is 18.0 Å². The second-order valence-corrected chi connectivity index (χ2v) is 7.28. The molecular weight excluding hydrogens is 292 g/mol. The van der Waals surface area contributed by atoms with Gasteiger partial charge >= 0.3 is 5.97 Å². The molecule has 0 saturated heterocycles. The average Bonchev–Trinajstić information content (AvgIpc) is 3.09. The van der Waals surface area contributed by atoms with Crippen LogP contribution in [0.4, 0.5) is 0 Å². The van der Waals surface area contributed by atoms with Crippen molar-refractivity contribution in [2.75, 3.05) is 6.61 Å². The Morgan fingerprint density at radius 3 is 2.70 bits per heavy atom. The average molecular weight is 316 g/mol. The maximum absolute atomic E-state index is 11.8. The molecule has 4 nitrogen and oxygen atoms in total. The van der Waals surface area contributed by atoms with Gasteiger partial charge in [-0.05, 0) is 49.5 Å². The minimum absolute atomic E-state index is 0.101. The molecule has 0 heterocycles. The van der Waals surface area contributed by atoms with Crippen molar-refractivity contribution < 1.29 is 19.4 Å². The van der Waals surface area contributed by atoms with Crippen LogP contribution in [0, 0.1) is 11.8 Å². The zero-order chi connectivity index (χ0) is 16.4. The number of rotatable bonds is 7. The first kappa shape index (κ1) is 16.0. The summed E-state index contributed by atoms with van der Waals surface area (Å²) in [6.07, 6.45) is 4.56. The largest absolute Gasteiger partial charge is 0.493 e. The van der Waals surface area contributed by atoms with Crippen molar-refractivity contribution >= 4 is 11.8 Å². The van der Waals surface area contributed by atoms with Crippen LogP contribution in [0.25, 0.3) is 0 Å². The molecule has 1 aromatic carbocycles. The summed E-state index contributed by atoms with van der Waals surface area (Å²) in [4.78, 5) is 22.5. The van der Waals surface area contributed by atoms with E-state index in [4.69, 9.17) is 9.84 Å². The van der Waals surface area contributed by atoms with Gasteiger partial charge in [-0.25, -0.2) is 0 Å². The number of hydrogen-bond acceptors (Lipinski definition) is 3. The van der Waals surface area contributed by atoms with Crippen LogP contribution in [-0.2, 0) is 15.0 Å². The Kier molecular flexibility index (Phi) is 4.42. The Labute approximate surface area is 136 Å². The summed E-state index contributed by atoms with van der Waals surface area (Å²) in [6, 6.07) is 8.23. The number of carboxylic acid groups (broad SMARTS) is 1. The maximum Gasteiger partial charge on any atom is 0.310 e. The lowest BCUT2D eigenvalue weighted by Crippen LogP contribution is -2.17. The molecule has 2 atom stereocenters. The molecule has 2 aliphatic rings. The molecule has 0 aromatic heterocycles. The molecule has 3 rings (SSSR count). The van der Waals surface area contributed by atoms with Gasteiger partial charge in [-0.2, -0.15) is 0 Å². The van der Waals surface area contributed by atoms with E-state index >= 15 is 0 Å². The molecule has 23 heavy (non-hydrogen) atoms. The number of carbonyl (C=O) groups excluding carboxylic acids is 1. The standard InChI is InChI=1S/C19H24O4/c1-19(8-9-19)15-4-2-3-5-17(15)23-12-13-6-7-14(10-13)16(20)11-18(21)22/h2-5,13-14H,6-12H2,1H3,(H,21,22). The van der Waals surface area contributed by atoms with Crippen molar-refractivity contribution in [3.05, 3.63) is 29.8 Å². The summed E-state index contributed by atoms with van der Waals surface area (Å²) in [7, 11) is 0. The Bertz CT molecular complexity index is 603. The van der Waals surface area contributed by atoms with Crippen molar-refractivity contribution in [1.29, 1.82) is 0 Å². The van der Waals surface area contributed by atoms with Crippen LogP contribution >= 0.6 is 0 Å². The molecular formula is C19H24O4. The van der Waals surface area contributed by atoms with E-state index < -0.39 is 5.97 Å². The van der Waals surface area contributed by atoms with Crippen LogP contribution < -0.4 is 4.74 Å². The summed E-state index contributed by atoms with van der Waals surface area (Å²) < 4.78 is 6.07. The summed E-state index contributed by atoms with van der Waals surface area (Å²) in [5, 5.41) is 8.73. The third-order valence-corrected chi connectivity index (χ3v) is 5.33. The van der Waals surface area contributed by atoms with Gasteiger partial charge in [0, 0.05) is 11.5 Å². The Hall–Kier alpha value is -1.84. The summed E-state index contributed by atoms with van der Waals surface area (Å²) in [5.74, 6) is 0.0497. The van der Waals surface area contributed by atoms with Crippen molar-refractivity contribution in [2.45, 2.75) is 50.9 Å². The van der Waals surface area contributed by atoms with E-state index in [0.717, 1.165) is 25.0 Å². The zero-order valence-corrected chi connectivity index (χ0v) is 13.6. The van der Waals surface area contributed by atoms with Crippen molar-refractivity contribution in [3.63, 3.8) is 0 Å². The lowest BCUT2D eigenvalue weighted by Gasteiger charge is -2.18. The molecule has 4 heteroatoms. The highest BCUT2D eigenvalue weighted by Crippen LogP contribution is 2.50. The molecule has 2 unspecified atom stereocenters. The SMILES string of the molecule is CC1(c2ccccc2OCC2CCC(C(=O)CC(=O)O)C2)CC1. The molecule has 0 amide bonds. The topological polar surface area (TPSA) is 63.6 Å². The number of carbonyl (C=O) groups is 2. The van der Waals surface area contributed by atoms with E-state index in [1.807, 2.05) is 12.1 Å². The third kappa shape index (κ3) is 3.74. The highest BCUT2D eigenvalue weighted by molar-refractivity contribution is 5.96. The number of ether oxygens (including phenoxy) is 1. The number of Topliss-reactive ketones (excluding diaryl/α,β-unsaturated/α-hetero) is 1. The van der Waals surface area contributed by atoms with Gasteiger partial charge in [0.25, 0.3) is 0 Å². The molecule has 124 valence electrons. The fourth-order valence-corrected chi connectivity index (χ4v) is 3.57. The highest BCUT2D eigenvalue weighted by Gasteiger charge is 2.41. The molecule has 0 aliphatic heterocycles. The highest BCUT2D eigenvalue weighted by atomic mass is 16.5. The first-order valence-electron chi connectivity index (χ1n) is 8.45. The fourth-order valence-electron chi connectivity index (χ4n) is 3.57. The van der Waals surface area contributed by atoms with Crippen LogP contribution in [0.2, 0.25) is 0 Å². The van der Waals surface area contributed by atoms with Crippen LogP contribution in [-0.4, -0.2) is 23.5 Å². The Morgan fingerprint density at radius 1 is 1.26 bits per heavy atom. The number of aliphatic carboxylic acids is 1. The van der Waals surface area contributed by atoms with Gasteiger partial charge in [-0.1, -0.05) is 25.1 Å². The normalized spacial score (nSPS) is 25.1. The lowest BCUT2D eigenvalue weighted by molar-refractivity contribution is -0.141. The summed E-state index contributed by atoms with van der Waals surface area (Å²) in [5.41, 5.74) is 1.56. The zero-order valence-electron chi connectivity index (χ0n) is 13.6. The van der Waals surface area contributed by atoms with E-state index in [-0.39, 0.29) is 23.5 Å². The smallest absolute Gasteiger partial charge is 0.310 e. The molecule has 0 spiro atoms. The van der Waals surface area contributed by atoms with Gasteiger partial charge < -0.3 is 9.84 Å².